The van der Waals surface area contributed by atoms with Crippen molar-refractivity contribution in [1.29, 1.82) is 0 Å². The largest absolute Gasteiger partial charge is 0.481 e. The molecule has 2 unspecified atom stereocenters. The Morgan fingerprint density at radius 2 is 0.753 bits per heavy atom. The summed E-state index contributed by atoms with van der Waals surface area (Å²) in [6, 6.07) is 0.239. The zero-order chi connectivity index (χ0) is 58.7. The first kappa shape index (κ1) is 77.1. The fraction of sp³-hybridized carbons (Fsp3) is 0.956. The van der Waals surface area contributed by atoms with Gasteiger partial charge in [0.05, 0.1) is 58.8 Å². The van der Waals surface area contributed by atoms with Gasteiger partial charge in [0.2, 0.25) is 0 Å². The molecule has 480 valence electrons. The van der Waals surface area contributed by atoms with Gasteiger partial charge < -0.3 is 47.9 Å². The van der Waals surface area contributed by atoms with E-state index < -0.39 is 5.97 Å². The lowest BCUT2D eigenvalue weighted by atomic mass is 9.90. The number of carbonyl (C=O) groups is 3. The summed E-state index contributed by atoms with van der Waals surface area (Å²) in [7, 11) is 2.06. The maximum Gasteiger partial charge on any atom is 0.306 e. The number of esters is 2. The summed E-state index contributed by atoms with van der Waals surface area (Å²) in [5.74, 6) is -0.978. The number of carbonyl (C=O) groups excluding carboxylic acids is 2. The van der Waals surface area contributed by atoms with Crippen LogP contribution in [-0.2, 0) is 52.3 Å². The number of hydrogen-bond donors (Lipinski definition) is 1. The molecule has 0 aromatic heterocycles. The summed E-state index contributed by atoms with van der Waals surface area (Å²) >= 11 is 0. The molecule has 3 atom stereocenters. The van der Waals surface area contributed by atoms with Gasteiger partial charge in [0.1, 0.15) is 18.3 Å². The molecule has 81 heavy (non-hydrogen) atoms. The van der Waals surface area contributed by atoms with Crippen molar-refractivity contribution in [3.63, 3.8) is 0 Å². The lowest BCUT2D eigenvalue weighted by molar-refractivity contribution is -0.151. The third kappa shape index (κ3) is 51.1. The molecule has 0 saturated carbocycles. The Morgan fingerprint density at radius 3 is 1.17 bits per heavy atom. The molecule has 13 heteroatoms. The molecule has 13 nitrogen and oxygen atoms in total. The maximum atomic E-state index is 12.9. The molecule has 0 amide bonds. The Hall–Kier alpha value is -1.87. The van der Waals surface area contributed by atoms with Gasteiger partial charge >= 0.3 is 17.9 Å². The van der Waals surface area contributed by atoms with Crippen molar-refractivity contribution in [2.45, 2.75) is 328 Å². The molecular formula is C68H131NO12. The maximum absolute atomic E-state index is 12.9. The van der Waals surface area contributed by atoms with Gasteiger partial charge in [-0.15, -0.1) is 0 Å². The molecule has 1 heterocycles. The quantitative estimate of drug-likeness (QED) is 0.0455. The molecule has 1 fully saturated rings. The minimum Gasteiger partial charge on any atom is -0.481 e. The zero-order valence-electron chi connectivity index (χ0n) is 53.7. The second-order valence-electron chi connectivity index (χ2n) is 23.9. The van der Waals surface area contributed by atoms with Crippen LogP contribution in [0.15, 0.2) is 0 Å². The molecule has 0 aromatic rings. The van der Waals surface area contributed by atoms with Crippen molar-refractivity contribution >= 4 is 17.9 Å². The van der Waals surface area contributed by atoms with E-state index in [1.807, 2.05) is 0 Å². The highest BCUT2D eigenvalue weighted by Crippen LogP contribution is 2.25. The first-order chi connectivity index (χ1) is 39.7. The van der Waals surface area contributed by atoms with Gasteiger partial charge in [0.25, 0.3) is 0 Å². The third-order valence-corrected chi connectivity index (χ3v) is 16.3. The molecule has 0 aliphatic carbocycles. The van der Waals surface area contributed by atoms with Crippen molar-refractivity contribution < 1.29 is 57.4 Å². The Balaban J connectivity index is 2.44. The van der Waals surface area contributed by atoms with E-state index in [0.717, 1.165) is 129 Å². The van der Waals surface area contributed by atoms with Crippen LogP contribution in [0, 0.1) is 5.92 Å². The third-order valence-electron chi connectivity index (χ3n) is 16.3. The van der Waals surface area contributed by atoms with Gasteiger partial charge in [0, 0.05) is 38.7 Å². The smallest absolute Gasteiger partial charge is 0.306 e. The second-order valence-corrected chi connectivity index (χ2v) is 23.9. The van der Waals surface area contributed by atoms with Crippen molar-refractivity contribution in [3.8, 4) is 0 Å². The van der Waals surface area contributed by atoms with Crippen molar-refractivity contribution in [2.75, 3.05) is 86.3 Å². The van der Waals surface area contributed by atoms with E-state index in [0.29, 0.717) is 98.4 Å². The summed E-state index contributed by atoms with van der Waals surface area (Å²) in [5.41, 5.74) is 0. The van der Waals surface area contributed by atoms with Gasteiger partial charge in [-0.2, -0.15) is 0 Å². The van der Waals surface area contributed by atoms with E-state index in [9.17, 15) is 19.5 Å². The SMILES string of the molecule is CCCCCCCCC(CCCCCCCC)OC(=O)CCCCCCCOC[C@@H](COCCOCCOCCOCCC1CC(C(=O)O)CCN1C)OCCCCCCCC(=O)OC(CCCCCCCC)CCCCCCCC. The molecule has 1 saturated heterocycles. The van der Waals surface area contributed by atoms with Gasteiger partial charge in [0.15, 0.2) is 0 Å². The van der Waals surface area contributed by atoms with E-state index >= 15 is 0 Å². The molecule has 0 spiro atoms. The highest BCUT2D eigenvalue weighted by Gasteiger charge is 2.30. The first-order valence-corrected chi connectivity index (χ1v) is 34.6. The summed E-state index contributed by atoms with van der Waals surface area (Å²) in [6.07, 6.45) is 47.5. The van der Waals surface area contributed by atoms with E-state index in [4.69, 9.17) is 37.9 Å². The predicted octanol–water partition coefficient (Wildman–Crippen LogP) is 17.1. The summed E-state index contributed by atoms with van der Waals surface area (Å²) in [5, 5.41) is 9.41. The monoisotopic (exact) mass is 1150 g/mol. The minimum atomic E-state index is -0.692. The van der Waals surface area contributed by atoms with Gasteiger partial charge in [-0.1, -0.05) is 195 Å². The number of unbranched alkanes of at least 4 members (excludes halogenated alkanes) is 28. The average Bonchev–Trinajstić information content (AvgIpc) is 3.46. The molecule has 0 radical (unpaired) electrons. The van der Waals surface area contributed by atoms with Crippen LogP contribution in [-0.4, -0.2) is 139 Å². The van der Waals surface area contributed by atoms with Crippen LogP contribution in [0.5, 0.6) is 0 Å². The Labute approximate surface area is 498 Å². The molecule has 1 aliphatic heterocycles. The van der Waals surface area contributed by atoms with Crippen LogP contribution in [0.1, 0.15) is 304 Å². The summed E-state index contributed by atoms with van der Waals surface area (Å²) in [6.45, 7) is 15.5. The van der Waals surface area contributed by atoms with E-state index in [1.165, 1.54) is 128 Å². The molecular weight excluding hydrogens is 1020 g/mol. The van der Waals surface area contributed by atoms with Crippen LogP contribution in [0.25, 0.3) is 0 Å². The number of rotatable bonds is 64. The Kier molecular flexibility index (Phi) is 57.0. The number of carboxylic acids is 1. The number of nitrogens with zero attached hydrogens (tertiary/aromatic N) is 1. The number of likely N-dealkylation sites (tertiary alicyclic amines) is 1. The Morgan fingerprint density at radius 1 is 0.407 bits per heavy atom. The topological polar surface area (TPSA) is 149 Å². The van der Waals surface area contributed by atoms with Gasteiger partial charge in [-0.25, -0.2) is 0 Å². The predicted molar refractivity (Wildman–Crippen MR) is 332 cm³/mol. The van der Waals surface area contributed by atoms with Crippen LogP contribution >= 0.6 is 0 Å². The van der Waals surface area contributed by atoms with Crippen LogP contribution < -0.4 is 0 Å². The number of piperidine rings is 1. The summed E-state index contributed by atoms with van der Waals surface area (Å²) < 4.78 is 47.9. The Bertz CT molecular complexity index is 1330. The fourth-order valence-electron chi connectivity index (χ4n) is 11.0. The molecule has 1 aliphatic rings. The molecule has 1 rings (SSSR count). The molecule has 0 bridgehead atoms. The normalized spacial score (nSPS) is 15.3. The highest BCUT2D eigenvalue weighted by molar-refractivity contribution is 5.70. The standard InChI is InChI=1S/C68H131NO12/c1-6-10-14-18-24-32-40-63(41-33-25-19-15-11-7-2)80-66(70)44-36-28-22-30-38-49-77-59-65(60-78-57-56-76-55-54-75-53-52-74-51-47-62-58-61(68(72)73)46-48-69(62)5)79-50-39-31-23-29-37-45-67(71)81-64(42-34-26-20-16-12-8-3)43-35-27-21-17-13-9-4/h61-65H,6-60H2,1-5H3,(H,72,73)/t61?,62?,65-/m0/s1. The first-order valence-electron chi connectivity index (χ1n) is 34.6. The summed E-state index contributed by atoms with van der Waals surface area (Å²) in [4.78, 5) is 39.5. The molecule has 0 aromatic carbocycles. The minimum absolute atomic E-state index is 0.0140. The number of ether oxygens (including phenoxy) is 8. The number of aliphatic carboxylic acids is 1. The van der Waals surface area contributed by atoms with Gasteiger partial charge in [-0.3, -0.25) is 14.4 Å². The number of hydrogen-bond acceptors (Lipinski definition) is 12. The van der Waals surface area contributed by atoms with E-state index in [2.05, 4.69) is 39.6 Å². The fourth-order valence-corrected chi connectivity index (χ4v) is 11.0. The van der Waals surface area contributed by atoms with Crippen molar-refractivity contribution in [2.24, 2.45) is 5.92 Å². The molecule has 1 N–H and O–H groups in total. The van der Waals surface area contributed by atoms with Crippen molar-refractivity contribution in [1.82, 2.24) is 4.90 Å². The van der Waals surface area contributed by atoms with E-state index in [-0.39, 0.29) is 42.2 Å². The highest BCUT2D eigenvalue weighted by atomic mass is 16.6. The van der Waals surface area contributed by atoms with Crippen molar-refractivity contribution in [3.05, 3.63) is 0 Å². The lowest BCUT2D eigenvalue weighted by Gasteiger charge is -2.35. The van der Waals surface area contributed by atoms with Crippen LogP contribution in [0.4, 0.5) is 0 Å². The second kappa shape index (κ2) is 59.8. The zero-order valence-corrected chi connectivity index (χ0v) is 53.7. The van der Waals surface area contributed by atoms with Crippen LogP contribution in [0.2, 0.25) is 0 Å². The average molecular weight is 1150 g/mol. The number of carboxylic acid groups (broad SMARTS) is 1. The lowest BCUT2D eigenvalue weighted by Crippen LogP contribution is -2.42. The van der Waals surface area contributed by atoms with Gasteiger partial charge in [-0.05, 0) is 110 Å². The van der Waals surface area contributed by atoms with Crippen LogP contribution in [0.3, 0.4) is 0 Å². The van der Waals surface area contributed by atoms with E-state index in [1.54, 1.807) is 0 Å².